The zero-order valence-corrected chi connectivity index (χ0v) is 22.7. The Balaban J connectivity index is 1.16. The molecule has 1 aromatic heterocycles. The third-order valence-electron chi connectivity index (χ3n) is 7.63. The van der Waals surface area contributed by atoms with Crippen LogP contribution in [-0.4, -0.2) is 64.5 Å². The maximum Gasteiger partial charge on any atom is 0.272 e. The minimum absolute atomic E-state index is 0.0135. The maximum atomic E-state index is 13.2. The number of pyridine rings is 1. The molecule has 2 aliphatic heterocycles. The fraction of sp³-hybridized carbons (Fsp3) is 0.312. The highest BCUT2D eigenvalue weighted by atomic mass is 16.2. The molecule has 0 unspecified atom stereocenters. The number of carbonyl (C=O) groups excluding carboxylic acids is 2. The van der Waals surface area contributed by atoms with Crippen LogP contribution >= 0.6 is 0 Å². The van der Waals surface area contributed by atoms with Crippen molar-refractivity contribution < 1.29 is 9.59 Å². The monoisotopic (exact) mass is 536 g/mol. The first-order valence-corrected chi connectivity index (χ1v) is 14.0. The van der Waals surface area contributed by atoms with Crippen molar-refractivity contribution in [3.05, 3.63) is 95.8 Å². The Bertz CT molecular complexity index is 1340. The Kier molecular flexibility index (Phi) is 8.98. The fourth-order valence-corrected chi connectivity index (χ4v) is 5.38. The molecule has 0 aliphatic carbocycles. The zero-order valence-electron chi connectivity index (χ0n) is 22.7. The summed E-state index contributed by atoms with van der Waals surface area (Å²) in [5.41, 5.74) is 3.97. The molecule has 5 rings (SSSR count). The molecule has 3 heterocycles. The first-order chi connectivity index (χ1) is 19.6. The van der Waals surface area contributed by atoms with E-state index in [-0.39, 0.29) is 17.5 Å². The molecule has 206 valence electrons. The number of para-hydroxylation sites is 1. The average Bonchev–Trinajstić information content (AvgIpc) is 3.55. The molecule has 3 N–H and O–H groups in total. The van der Waals surface area contributed by atoms with Gasteiger partial charge in [0.25, 0.3) is 5.91 Å². The van der Waals surface area contributed by atoms with Crippen LogP contribution in [0.15, 0.2) is 79.1 Å². The molecule has 40 heavy (non-hydrogen) atoms. The van der Waals surface area contributed by atoms with Crippen LogP contribution in [-0.2, 0) is 16.1 Å². The predicted molar refractivity (Wildman–Crippen MR) is 159 cm³/mol. The molecule has 0 radical (unpaired) electrons. The van der Waals surface area contributed by atoms with E-state index < -0.39 is 0 Å². The van der Waals surface area contributed by atoms with Gasteiger partial charge in [-0.05, 0) is 80.2 Å². The molecule has 2 saturated heterocycles. The number of hydrogen-bond donors (Lipinski definition) is 3. The first-order valence-electron chi connectivity index (χ1n) is 14.0. The second-order valence-electron chi connectivity index (χ2n) is 10.3. The van der Waals surface area contributed by atoms with Crippen molar-refractivity contribution >= 4 is 35.0 Å². The van der Waals surface area contributed by atoms with Gasteiger partial charge in [-0.2, -0.15) is 0 Å². The summed E-state index contributed by atoms with van der Waals surface area (Å²) in [6, 6.07) is 19.4. The van der Waals surface area contributed by atoms with Crippen molar-refractivity contribution in [1.82, 2.24) is 20.1 Å². The third-order valence-corrected chi connectivity index (χ3v) is 7.63. The summed E-state index contributed by atoms with van der Waals surface area (Å²) >= 11 is 0. The summed E-state index contributed by atoms with van der Waals surface area (Å²) in [6.07, 6.45) is 11.2. The second-order valence-corrected chi connectivity index (χ2v) is 10.3. The zero-order chi connectivity index (χ0) is 27.7. The Morgan fingerprint density at radius 3 is 2.42 bits per heavy atom. The number of aromatic nitrogens is 1. The lowest BCUT2D eigenvalue weighted by Crippen LogP contribution is -2.47. The number of benzene rings is 2. The number of nitrogens with zero attached hydrogens (tertiary/aromatic N) is 3. The normalized spacial score (nSPS) is 16.2. The van der Waals surface area contributed by atoms with Gasteiger partial charge >= 0.3 is 0 Å². The molecular formula is C32H36N6O2. The van der Waals surface area contributed by atoms with Gasteiger partial charge in [0.2, 0.25) is 5.91 Å². The van der Waals surface area contributed by atoms with Crippen LogP contribution in [0.1, 0.15) is 42.4 Å². The molecular weight excluding hydrogens is 500 g/mol. The van der Waals surface area contributed by atoms with Gasteiger partial charge < -0.3 is 20.4 Å². The summed E-state index contributed by atoms with van der Waals surface area (Å²) in [5, 5.41) is 14.9. The molecule has 0 atom stereocenters. The van der Waals surface area contributed by atoms with E-state index in [0.717, 1.165) is 29.7 Å². The highest BCUT2D eigenvalue weighted by Crippen LogP contribution is 2.25. The quantitative estimate of drug-likeness (QED) is 0.274. The van der Waals surface area contributed by atoms with E-state index in [2.05, 4.69) is 20.5 Å². The van der Waals surface area contributed by atoms with E-state index >= 15 is 0 Å². The molecule has 8 nitrogen and oxygen atoms in total. The Morgan fingerprint density at radius 2 is 1.70 bits per heavy atom. The van der Waals surface area contributed by atoms with Crippen LogP contribution in [0.3, 0.4) is 0 Å². The smallest absolute Gasteiger partial charge is 0.272 e. The van der Waals surface area contributed by atoms with E-state index in [0.29, 0.717) is 36.9 Å². The van der Waals surface area contributed by atoms with Crippen molar-refractivity contribution in [1.29, 1.82) is 5.41 Å². The number of amides is 2. The Labute approximate surface area is 235 Å². The second kappa shape index (κ2) is 13.2. The molecule has 0 saturated carbocycles. The van der Waals surface area contributed by atoms with Crippen LogP contribution in [0.25, 0.3) is 6.08 Å². The van der Waals surface area contributed by atoms with Gasteiger partial charge in [0.05, 0.1) is 0 Å². The number of carbonyl (C=O) groups is 2. The first kappa shape index (κ1) is 27.3. The predicted octanol–water partition coefficient (Wildman–Crippen LogP) is 4.61. The van der Waals surface area contributed by atoms with Crippen LogP contribution in [0.4, 0.5) is 11.4 Å². The van der Waals surface area contributed by atoms with Gasteiger partial charge in [-0.25, -0.2) is 0 Å². The third kappa shape index (κ3) is 7.01. The number of anilines is 2. The SMILES string of the molecule is N=C(C(=O)N1CCC(N2CCCC2)CC1)c1ccccc1Nc1ccc(/C=C/C(=O)NCc2cccnc2)cc1. The van der Waals surface area contributed by atoms with E-state index in [1.165, 1.54) is 32.0 Å². The molecule has 2 amide bonds. The lowest BCUT2D eigenvalue weighted by molar-refractivity contribution is -0.125. The lowest BCUT2D eigenvalue weighted by Gasteiger charge is -2.36. The van der Waals surface area contributed by atoms with Crippen LogP contribution in [0.2, 0.25) is 0 Å². The molecule has 2 aromatic carbocycles. The summed E-state index contributed by atoms with van der Waals surface area (Å²) < 4.78 is 0. The molecule has 0 spiro atoms. The van der Waals surface area contributed by atoms with Crippen molar-refractivity contribution in [2.45, 2.75) is 38.3 Å². The van der Waals surface area contributed by atoms with Crippen molar-refractivity contribution in [3.63, 3.8) is 0 Å². The van der Waals surface area contributed by atoms with Crippen molar-refractivity contribution in [3.8, 4) is 0 Å². The van der Waals surface area contributed by atoms with Gasteiger partial charge in [0, 0.05) is 61.1 Å². The average molecular weight is 537 g/mol. The number of likely N-dealkylation sites (tertiary alicyclic amines) is 2. The van der Waals surface area contributed by atoms with Gasteiger partial charge in [0.1, 0.15) is 5.71 Å². The van der Waals surface area contributed by atoms with Gasteiger partial charge in [-0.1, -0.05) is 36.4 Å². The molecule has 0 bridgehead atoms. The topological polar surface area (TPSA) is 101 Å². The Morgan fingerprint density at radius 1 is 0.950 bits per heavy atom. The van der Waals surface area contributed by atoms with Crippen molar-refractivity contribution in [2.24, 2.45) is 0 Å². The van der Waals surface area contributed by atoms with Gasteiger partial charge in [-0.3, -0.25) is 20.0 Å². The molecule has 8 heteroatoms. The van der Waals surface area contributed by atoms with E-state index in [4.69, 9.17) is 5.41 Å². The van der Waals surface area contributed by atoms with Crippen molar-refractivity contribution in [2.75, 3.05) is 31.5 Å². The number of nitrogens with one attached hydrogen (secondary N) is 3. The summed E-state index contributed by atoms with van der Waals surface area (Å²) in [4.78, 5) is 33.8. The van der Waals surface area contributed by atoms with Gasteiger partial charge in [-0.15, -0.1) is 0 Å². The summed E-state index contributed by atoms with van der Waals surface area (Å²) in [6.45, 7) is 4.18. The highest BCUT2D eigenvalue weighted by molar-refractivity contribution is 6.45. The minimum atomic E-state index is -0.212. The standard InChI is InChI=1S/C32H36N6O2/c33-31(32(40)38-20-15-27(16-21-38)37-18-3-4-19-37)28-7-1-2-8-29(28)36-26-12-9-24(10-13-26)11-14-30(39)35-23-25-6-5-17-34-22-25/h1-2,5-14,17,22,27,33,36H,3-4,15-16,18-21,23H2,(H,35,39)/b14-11+,33-31?. The van der Waals surface area contributed by atoms with Crippen LogP contribution < -0.4 is 10.6 Å². The minimum Gasteiger partial charge on any atom is -0.355 e. The number of rotatable bonds is 9. The molecule has 2 fully saturated rings. The lowest BCUT2D eigenvalue weighted by atomic mass is 10.0. The van der Waals surface area contributed by atoms with Crippen LogP contribution in [0, 0.1) is 5.41 Å². The molecule has 3 aromatic rings. The largest absolute Gasteiger partial charge is 0.355 e. The summed E-state index contributed by atoms with van der Waals surface area (Å²) in [7, 11) is 0. The van der Waals surface area contributed by atoms with E-state index in [1.54, 1.807) is 18.5 Å². The number of piperidine rings is 1. The van der Waals surface area contributed by atoms with Gasteiger partial charge in [0.15, 0.2) is 0 Å². The Hall–Kier alpha value is -4.30. The number of hydrogen-bond acceptors (Lipinski definition) is 6. The molecule has 2 aliphatic rings. The van der Waals surface area contributed by atoms with E-state index in [1.807, 2.05) is 65.6 Å². The van der Waals surface area contributed by atoms with E-state index in [9.17, 15) is 9.59 Å². The maximum absolute atomic E-state index is 13.2. The highest BCUT2D eigenvalue weighted by Gasteiger charge is 2.30. The summed E-state index contributed by atoms with van der Waals surface area (Å²) in [5.74, 6) is -0.389. The fourth-order valence-electron chi connectivity index (χ4n) is 5.38. The van der Waals surface area contributed by atoms with Crippen LogP contribution in [0.5, 0.6) is 0 Å².